The molecule has 0 atom stereocenters. The maximum absolute atomic E-state index is 12.8. The fourth-order valence-corrected chi connectivity index (χ4v) is 3.97. The van der Waals surface area contributed by atoms with Crippen molar-refractivity contribution in [2.45, 2.75) is 13.0 Å². The molecule has 9 heteroatoms. The molecular formula is C23H21ClIN5O2. The normalized spacial score (nSPS) is 11.2. The Morgan fingerprint density at radius 2 is 1.84 bits per heavy atom. The summed E-state index contributed by atoms with van der Waals surface area (Å²) in [4.78, 5) is 32.7. The summed E-state index contributed by atoms with van der Waals surface area (Å²) in [5.74, 6) is 0.187. The van der Waals surface area contributed by atoms with Gasteiger partial charge in [-0.15, -0.1) is 0 Å². The molecule has 0 fully saturated rings. The molecule has 0 radical (unpaired) electrons. The number of nitrogens with one attached hydrogen (secondary N) is 2. The lowest BCUT2D eigenvalue weighted by molar-refractivity contribution is 0.655. The van der Waals surface area contributed by atoms with E-state index in [2.05, 4.69) is 37.9 Å². The van der Waals surface area contributed by atoms with Gasteiger partial charge in [-0.1, -0.05) is 41.9 Å². The van der Waals surface area contributed by atoms with Gasteiger partial charge in [0.2, 0.25) is 5.78 Å². The standard InChI is InChI=1S/C23H21ClIN5O2/c24-18-7-6-16(10-19(18)25)20-11-21(31)30-13-17(22(32)29-23(30)28-20)15-4-2-14(3-5-15)12-27-9-1-8-26/h2-7,10-11,13,27H,1,8-9,12,26H2,(H,28,29,32). The van der Waals surface area contributed by atoms with Gasteiger partial charge in [-0.2, -0.15) is 4.98 Å². The Hall–Kier alpha value is -2.53. The van der Waals surface area contributed by atoms with Gasteiger partial charge in [-0.05, 0) is 70.9 Å². The topological polar surface area (TPSA) is 105 Å². The third kappa shape index (κ3) is 4.93. The van der Waals surface area contributed by atoms with E-state index in [0.717, 1.165) is 34.2 Å². The van der Waals surface area contributed by atoms with Crippen molar-refractivity contribution in [3.05, 3.63) is 89.6 Å². The van der Waals surface area contributed by atoms with Crippen molar-refractivity contribution in [3.8, 4) is 22.4 Å². The monoisotopic (exact) mass is 561 g/mol. The summed E-state index contributed by atoms with van der Waals surface area (Å²) in [6, 6.07) is 14.6. The zero-order chi connectivity index (χ0) is 22.7. The predicted molar refractivity (Wildman–Crippen MR) is 136 cm³/mol. The molecule has 0 saturated carbocycles. The van der Waals surface area contributed by atoms with E-state index in [0.29, 0.717) is 28.4 Å². The van der Waals surface area contributed by atoms with E-state index in [4.69, 9.17) is 17.3 Å². The molecule has 4 rings (SSSR count). The van der Waals surface area contributed by atoms with Crippen molar-refractivity contribution in [1.82, 2.24) is 19.7 Å². The van der Waals surface area contributed by atoms with Crippen LogP contribution in [-0.4, -0.2) is 27.5 Å². The highest BCUT2D eigenvalue weighted by Gasteiger charge is 2.11. The molecule has 0 aliphatic rings. The van der Waals surface area contributed by atoms with E-state index in [1.807, 2.05) is 36.4 Å². The van der Waals surface area contributed by atoms with Crippen LogP contribution in [0.2, 0.25) is 5.02 Å². The number of nitrogens with two attached hydrogens (primary N) is 1. The van der Waals surface area contributed by atoms with E-state index in [1.54, 1.807) is 6.07 Å². The highest BCUT2D eigenvalue weighted by Crippen LogP contribution is 2.25. The van der Waals surface area contributed by atoms with E-state index in [9.17, 15) is 9.59 Å². The van der Waals surface area contributed by atoms with Gasteiger partial charge < -0.3 is 16.0 Å². The third-order valence-corrected chi connectivity index (χ3v) is 6.60. The lowest BCUT2D eigenvalue weighted by atomic mass is 10.1. The van der Waals surface area contributed by atoms with Crippen molar-refractivity contribution in [3.63, 3.8) is 0 Å². The number of halogens is 2. The number of aromatic nitrogens is 3. The maximum atomic E-state index is 12.8. The van der Waals surface area contributed by atoms with Crippen LogP contribution < -0.4 is 22.2 Å². The smallest absolute Gasteiger partial charge is 0.282 e. The molecule has 0 unspecified atom stereocenters. The van der Waals surface area contributed by atoms with Crippen molar-refractivity contribution in [2.24, 2.45) is 5.73 Å². The molecule has 2 aromatic carbocycles. The maximum Gasteiger partial charge on any atom is 0.282 e. The Morgan fingerprint density at radius 3 is 2.56 bits per heavy atom. The molecule has 2 heterocycles. The summed E-state index contributed by atoms with van der Waals surface area (Å²) >= 11 is 8.22. The molecule has 32 heavy (non-hydrogen) atoms. The molecule has 0 bridgehead atoms. The van der Waals surface area contributed by atoms with Crippen LogP contribution in [0.4, 0.5) is 0 Å². The minimum Gasteiger partial charge on any atom is -0.330 e. The average molecular weight is 562 g/mol. The molecule has 4 N–H and O–H groups in total. The van der Waals surface area contributed by atoms with Gasteiger partial charge in [-0.3, -0.25) is 14.0 Å². The molecule has 0 saturated heterocycles. The van der Waals surface area contributed by atoms with Gasteiger partial charge in [-0.25, -0.2) is 0 Å². The second kappa shape index (κ2) is 9.95. The summed E-state index contributed by atoms with van der Waals surface area (Å²) in [5, 5.41) is 3.95. The van der Waals surface area contributed by atoms with Crippen LogP contribution in [-0.2, 0) is 6.54 Å². The SMILES string of the molecule is NCCCNCc1ccc(-c2cn3c(=O)cc(-c4ccc(Cl)c(I)c4)[nH]c3nc2=O)cc1. The number of H-pyrrole nitrogens is 1. The third-order valence-electron chi connectivity index (χ3n) is 5.06. The molecule has 0 aliphatic carbocycles. The number of hydrogen-bond donors (Lipinski definition) is 3. The van der Waals surface area contributed by atoms with Crippen LogP contribution in [0.3, 0.4) is 0 Å². The van der Waals surface area contributed by atoms with Crippen LogP contribution in [0.15, 0.2) is 64.3 Å². The van der Waals surface area contributed by atoms with E-state index >= 15 is 0 Å². The van der Waals surface area contributed by atoms with Crippen molar-refractivity contribution in [2.75, 3.05) is 13.1 Å². The molecule has 0 amide bonds. The van der Waals surface area contributed by atoms with Crippen LogP contribution in [0, 0.1) is 3.57 Å². The van der Waals surface area contributed by atoms with Crippen LogP contribution in [0.5, 0.6) is 0 Å². The summed E-state index contributed by atoms with van der Waals surface area (Å²) in [6.45, 7) is 2.24. The minimum absolute atomic E-state index is 0.187. The highest BCUT2D eigenvalue weighted by atomic mass is 127. The first-order valence-corrected chi connectivity index (χ1v) is 11.5. The molecule has 4 aromatic rings. The van der Waals surface area contributed by atoms with Crippen LogP contribution in [0.25, 0.3) is 28.2 Å². The number of fused-ring (bicyclic) bond motifs is 1. The van der Waals surface area contributed by atoms with E-state index in [-0.39, 0.29) is 11.3 Å². The Balaban J connectivity index is 1.67. The molecule has 0 spiro atoms. The highest BCUT2D eigenvalue weighted by molar-refractivity contribution is 14.1. The summed E-state index contributed by atoms with van der Waals surface area (Å²) < 4.78 is 2.21. The van der Waals surface area contributed by atoms with Crippen molar-refractivity contribution in [1.29, 1.82) is 0 Å². The lowest BCUT2D eigenvalue weighted by Gasteiger charge is -2.09. The molecule has 7 nitrogen and oxygen atoms in total. The number of aromatic amines is 1. The largest absolute Gasteiger partial charge is 0.330 e. The first-order valence-electron chi connectivity index (χ1n) is 10.1. The van der Waals surface area contributed by atoms with Gasteiger partial charge in [0, 0.05) is 22.4 Å². The molecule has 164 valence electrons. The van der Waals surface area contributed by atoms with Crippen LogP contribution in [0.1, 0.15) is 12.0 Å². The second-order valence-electron chi connectivity index (χ2n) is 7.32. The van der Waals surface area contributed by atoms with Crippen LogP contribution >= 0.6 is 34.2 Å². The summed E-state index contributed by atoms with van der Waals surface area (Å²) in [5.41, 5.74) is 8.33. The zero-order valence-electron chi connectivity index (χ0n) is 17.1. The lowest BCUT2D eigenvalue weighted by Crippen LogP contribution is -2.21. The van der Waals surface area contributed by atoms with Crippen molar-refractivity contribution >= 4 is 40.0 Å². The van der Waals surface area contributed by atoms with Gasteiger partial charge in [0.1, 0.15) is 0 Å². The number of hydrogen-bond acceptors (Lipinski definition) is 5. The number of nitrogens with zero attached hydrogens (tertiary/aromatic N) is 2. The molecule has 0 aliphatic heterocycles. The van der Waals surface area contributed by atoms with Gasteiger partial charge >= 0.3 is 0 Å². The Morgan fingerprint density at radius 1 is 1.09 bits per heavy atom. The fraction of sp³-hybridized carbons (Fsp3) is 0.174. The summed E-state index contributed by atoms with van der Waals surface area (Å²) in [6.07, 6.45) is 2.46. The molecular weight excluding hydrogens is 541 g/mol. The first kappa shape index (κ1) is 22.7. The Bertz CT molecular complexity index is 1380. The summed E-state index contributed by atoms with van der Waals surface area (Å²) in [7, 11) is 0. The van der Waals surface area contributed by atoms with E-state index < -0.39 is 5.56 Å². The average Bonchev–Trinajstić information content (AvgIpc) is 2.78. The quantitative estimate of drug-likeness (QED) is 0.237. The first-order chi connectivity index (χ1) is 15.5. The predicted octanol–water partition coefficient (Wildman–Crippen LogP) is 3.41. The van der Waals surface area contributed by atoms with Gasteiger partial charge in [0.05, 0.1) is 16.3 Å². The van der Waals surface area contributed by atoms with E-state index in [1.165, 1.54) is 16.7 Å². The van der Waals surface area contributed by atoms with Gasteiger partial charge in [0.25, 0.3) is 11.1 Å². The van der Waals surface area contributed by atoms with Crippen molar-refractivity contribution < 1.29 is 0 Å². The molecule has 2 aromatic heterocycles. The Labute approximate surface area is 202 Å². The Kier molecular flexibility index (Phi) is 7.04. The minimum atomic E-state index is -0.405. The number of rotatable bonds is 7. The second-order valence-corrected chi connectivity index (χ2v) is 8.89. The fourth-order valence-electron chi connectivity index (χ4n) is 3.34. The van der Waals surface area contributed by atoms with Gasteiger partial charge in [0.15, 0.2) is 0 Å². The zero-order valence-corrected chi connectivity index (χ0v) is 20.0. The number of benzene rings is 2.